The van der Waals surface area contributed by atoms with E-state index in [0.717, 1.165) is 26.1 Å². The van der Waals surface area contributed by atoms with Gasteiger partial charge >= 0.3 is 0 Å². The summed E-state index contributed by atoms with van der Waals surface area (Å²) in [7, 11) is 5.64. The standard InChI is InChI=1S/C9H19N3O/c1-11(2)9(13)8-4-5-10-6-7-12(8)3/h8,10H,4-7H2,1-3H3. The average Bonchev–Trinajstić information content (AvgIpc) is 2.28. The van der Waals surface area contributed by atoms with E-state index in [2.05, 4.69) is 10.2 Å². The molecule has 0 saturated carbocycles. The van der Waals surface area contributed by atoms with Crippen molar-refractivity contribution in [3.8, 4) is 0 Å². The number of nitrogens with zero attached hydrogens (tertiary/aromatic N) is 2. The highest BCUT2D eigenvalue weighted by atomic mass is 16.2. The first-order valence-electron chi connectivity index (χ1n) is 4.75. The maximum Gasteiger partial charge on any atom is 0.239 e. The molecule has 1 fully saturated rings. The fraction of sp³-hybridized carbons (Fsp3) is 0.889. The first-order chi connectivity index (χ1) is 6.13. The van der Waals surface area contributed by atoms with Gasteiger partial charge in [-0.1, -0.05) is 0 Å². The van der Waals surface area contributed by atoms with Gasteiger partial charge in [0, 0.05) is 27.2 Å². The smallest absolute Gasteiger partial charge is 0.239 e. The Labute approximate surface area is 79.9 Å². The van der Waals surface area contributed by atoms with Crippen molar-refractivity contribution >= 4 is 5.91 Å². The van der Waals surface area contributed by atoms with E-state index in [1.165, 1.54) is 0 Å². The topological polar surface area (TPSA) is 35.6 Å². The monoisotopic (exact) mass is 185 g/mol. The lowest BCUT2D eigenvalue weighted by molar-refractivity contribution is -0.133. The molecule has 76 valence electrons. The summed E-state index contributed by atoms with van der Waals surface area (Å²) in [5.74, 6) is 0.214. The summed E-state index contributed by atoms with van der Waals surface area (Å²) in [5, 5.41) is 3.29. The molecule has 1 aliphatic rings. The van der Waals surface area contributed by atoms with Crippen molar-refractivity contribution in [1.29, 1.82) is 0 Å². The molecule has 13 heavy (non-hydrogen) atoms. The van der Waals surface area contributed by atoms with Crippen LogP contribution in [0.2, 0.25) is 0 Å². The normalized spacial score (nSPS) is 25.3. The van der Waals surface area contributed by atoms with Crippen molar-refractivity contribution in [2.75, 3.05) is 40.8 Å². The van der Waals surface area contributed by atoms with Gasteiger partial charge < -0.3 is 10.2 Å². The van der Waals surface area contributed by atoms with Crippen molar-refractivity contribution in [2.24, 2.45) is 0 Å². The predicted octanol–water partition coefficient (Wildman–Crippen LogP) is -0.632. The predicted molar refractivity (Wildman–Crippen MR) is 52.6 cm³/mol. The highest BCUT2D eigenvalue weighted by Gasteiger charge is 2.25. The minimum atomic E-state index is 0.0602. The second-order valence-corrected chi connectivity index (χ2v) is 3.77. The highest BCUT2D eigenvalue weighted by molar-refractivity contribution is 5.81. The van der Waals surface area contributed by atoms with Crippen molar-refractivity contribution < 1.29 is 4.79 Å². The van der Waals surface area contributed by atoms with Gasteiger partial charge in [0.25, 0.3) is 0 Å². The van der Waals surface area contributed by atoms with Crippen LogP contribution in [0.1, 0.15) is 6.42 Å². The van der Waals surface area contributed by atoms with Crippen LogP contribution in [0.25, 0.3) is 0 Å². The molecule has 4 nitrogen and oxygen atoms in total. The quantitative estimate of drug-likeness (QED) is 0.591. The molecule has 1 amide bonds. The lowest BCUT2D eigenvalue weighted by Gasteiger charge is -2.26. The fourth-order valence-corrected chi connectivity index (χ4v) is 1.61. The maximum absolute atomic E-state index is 11.7. The minimum Gasteiger partial charge on any atom is -0.347 e. The summed E-state index contributed by atoms with van der Waals surface area (Å²) in [6, 6.07) is 0.0602. The van der Waals surface area contributed by atoms with E-state index in [1.807, 2.05) is 21.1 Å². The summed E-state index contributed by atoms with van der Waals surface area (Å²) < 4.78 is 0. The van der Waals surface area contributed by atoms with Gasteiger partial charge in [0.1, 0.15) is 0 Å². The van der Waals surface area contributed by atoms with Gasteiger partial charge in [-0.05, 0) is 20.0 Å². The number of carbonyl (C=O) groups is 1. The number of carbonyl (C=O) groups excluding carboxylic acids is 1. The van der Waals surface area contributed by atoms with E-state index in [0.29, 0.717) is 0 Å². The summed E-state index contributed by atoms with van der Waals surface area (Å²) in [6.45, 7) is 2.87. The molecule has 4 heteroatoms. The third-order valence-electron chi connectivity index (χ3n) is 2.49. The zero-order valence-corrected chi connectivity index (χ0v) is 8.71. The van der Waals surface area contributed by atoms with Crippen LogP contribution < -0.4 is 5.32 Å². The van der Waals surface area contributed by atoms with Gasteiger partial charge in [-0.2, -0.15) is 0 Å². The Bertz CT molecular complexity index is 182. The van der Waals surface area contributed by atoms with Gasteiger partial charge in [-0.3, -0.25) is 9.69 Å². The summed E-state index contributed by atoms with van der Waals surface area (Å²) in [4.78, 5) is 15.5. The number of nitrogens with one attached hydrogen (secondary N) is 1. The molecule has 0 aromatic rings. The number of likely N-dealkylation sites (N-methyl/N-ethyl adjacent to an activating group) is 2. The second-order valence-electron chi connectivity index (χ2n) is 3.77. The Morgan fingerprint density at radius 1 is 1.46 bits per heavy atom. The Morgan fingerprint density at radius 2 is 2.15 bits per heavy atom. The summed E-state index contributed by atoms with van der Waals surface area (Å²) >= 11 is 0. The van der Waals surface area contributed by atoms with E-state index in [9.17, 15) is 4.79 Å². The van der Waals surface area contributed by atoms with Crippen LogP contribution in [0.15, 0.2) is 0 Å². The van der Waals surface area contributed by atoms with Gasteiger partial charge in [-0.25, -0.2) is 0 Å². The van der Waals surface area contributed by atoms with Crippen LogP contribution in [0.3, 0.4) is 0 Å². The molecule has 1 atom stereocenters. The van der Waals surface area contributed by atoms with Gasteiger partial charge in [0.15, 0.2) is 0 Å². The van der Waals surface area contributed by atoms with Gasteiger partial charge in [-0.15, -0.1) is 0 Å². The molecule has 0 aromatic heterocycles. The molecule has 1 unspecified atom stereocenters. The minimum absolute atomic E-state index is 0.0602. The first kappa shape index (κ1) is 10.5. The zero-order chi connectivity index (χ0) is 9.84. The SMILES string of the molecule is CN(C)C(=O)C1CCNCCN1C. The lowest BCUT2D eigenvalue weighted by atomic mass is 10.1. The molecule has 0 aromatic carbocycles. The summed E-state index contributed by atoms with van der Waals surface area (Å²) in [6.07, 6.45) is 0.910. The number of hydrogen-bond donors (Lipinski definition) is 1. The molecule has 1 heterocycles. The van der Waals surface area contributed by atoms with E-state index in [4.69, 9.17) is 0 Å². The van der Waals surface area contributed by atoms with Crippen molar-refractivity contribution in [3.63, 3.8) is 0 Å². The molecule has 1 aliphatic heterocycles. The zero-order valence-electron chi connectivity index (χ0n) is 8.71. The highest BCUT2D eigenvalue weighted by Crippen LogP contribution is 2.06. The first-order valence-corrected chi connectivity index (χ1v) is 4.75. The molecule has 1 N–H and O–H groups in total. The van der Waals surface area contributed by atoms with Crippen LogP contribution in [-0.4, -0.2) is 62.5 Å². The number of hydrogen-bond acceptors (Lipinski definition) is 3. The van der Waals surface area contributed by atoms with Crippen LogP contribution >= 0.6 is 0 Å². The Balaban J connectivity index is 2.58. The van der Waals surface area contributed by atoms with E-state index >= 15 is 0 Å². The van der Waals surface area contributed by atoms with Crippen molar-refractivity contribution in [3.05, 3.63) is 0 Å². The third-order valence-corrected chi connectivity index (χ3v) is 2.49. The summed E-state index contributed by atoms with van der Waals surface area (Å²) in [5.41, 5.74) is 0. The fourth-order valence-electron chi connectivity index (χ4n) is 1.61. The van der Waals surface area contributed by atoms with E-state index < -0.39 is 0 Å². The number of amides is 1. The van der Waals surface area contributed by atoms with Crippen molar-refractivity contribution in [2.45, 2.75) is 12.5 Å². The molecule has 0 radical (unpaired) electrons. The van der Waals surface area contributed by atoms with Gasteiger partial charge in [0.05, 0.1) is 6.04 Å². The molecular weight excluding hydrogens is 166 g/mol. The van der Waals surface area contributed by atoms with Crippen molar-refractivity contribution in [1.82, 2.24) is 15.1 Å². The molecule has 0 bridgehead atoms. The largest absolute Gasteiger partial charge is 0.347 e. The van der Waals surface area contributed by atoms with Crippen LogP contribution in [0.5, 0.6) is 0 Å². The molecule has 0 spiro atoms. The molecule has 0 aliphatic carbocycles. The second kappa shape index (κ2) is 4.58. The van der Waals surface area contributed by atoms with Crippen LogP contribution in [0.4, 0.5) is 0 Å². The Kier molecular flexibility index (Phi) is 3.69. The Morgan fingerprint density at radius 3 is 2.77 bits per heavy atom. The third kappa shape index (κ3) is 2.67. The molecule has 1 saturated heterocycles. The average molecular weight is 185 g/mol. The van der Waals surface area contributed by atoms with Gasteiger partial charge in [0.2, 0.25) is 5.91 Å². The lowest BCUT2D eigenvalue weighted by Crippen LogP contribution is -2.44. The number of rotatable bonds is 1. The van der Waals surface area contributed by atoms with Crippen LogP contribution in [-0.2, 0) is 4.79 Å². The van der Waals surface area contributed by atoms with E-state index in [1.54, 1.807) is 4.90 Å². The maximum atomic E-state index is 11.7. The molecular formula is C9H19N3O. The Hall–Kier alpha value is -0.610. The molecule has 1 rings (SSSR count). The van der Waals surface area contributed by atoms with Crippen LogP contribution in [0, 0.1) is 0 Å². The van der Waals surface area contributed by atoms with E-state index in [-0.39, 0.29) is 11.9 Å².